The van der Waals surface area contributed by atoms with E-state index in [0.29, 0.717) is 28.5 Å². The maximum Gasteiger partial charge on any atom is 0.203 e. The predicted molar refractivity (Wildman–Crippen MR) is 105 cm³/mol. The average Bonchev–Trinajstić information content (AvgIpc) is 2.72. The maximum atomic E-state index is 8.57. The molecule has 0 bridgehead atoms. The highest BCUT2D eigenvalue weighted by Gasteiger charge is 2.20. The van der Waals surface area contributed by atoms with Crippen molar-refractivity contribution in [3.8, 4) is 17.2 Å². The molecule has 7 nitrogen and oxygen atoms in total. The Balaban J connectivity index is 2.07. The van der Waals surface area contributed by atoms with Gasteiger partial charge in [-0.15, -0.1) is 0 Å². The van der Waals surface area contributed by atoms with Crippen molar-refractivity contribution in [2.45, 2.75) is 0 Å². The van der Waals surface area contributed by atoms with Crippen LogP contribution in [0.3, 0.4) is 0 Å². The summed E-state index contributed by atoms with van der Waals surface area (Å²) in [4.78, 5) is 4.37. The Hall–Kier alpha value is -3.61. The summed E-state index contributed by atoms with van der Waals surface area (Å²) in [5, 5.41) is 14.4. The van der Waals surface area contributed by atoms with Gasteiger partial charge in [-0.3, -0.25) is 10.4 Å². The van der Waals surface area contributed by atoms with Gasteiger partial charge in [0.25, 0.3) is 0 Å². The zero-order chi connectivity index (χ0) is 19.4. The van der Waals surface area contributed by atoms with E-state index in [-0.39, 0.29) is 11.4 Å². The first-order valence-corrected chi connectivity index (χ1v) is 8.15. The van der Waals surface area contributed by atoms with E-state index in [2.05, 4.69) is 10.1 Å². The summed E-state index contributed by atoms with van der Waals surface area (Å²) in [7, 11) is 4.58. The number of pyridine rings is 1. The third-order valence-electron chi connectivity index (χ3n) is 4.19. The summed E-state index contributed by atoms with van der Waals surface area (Å²) in [6, 6.07) is 13.0. The summed E-state index contributed by atoms with van der Waals surface area (Å²) in [5.41, 5.74) is 1.38. The molecule has 0 saturated carbocycles. The second-order valence-corrected chi connectivity index (χ2v) is 5.68. The zero-order valence-corrected chi connectivity index (χ0v) is 15.3. The Kier molecular flexibility index (Phi) is 5.21. The van der Waals surface area contributed by atoms with Crippen molar-refractivity contribution in [2.24, 2.45) is 10.9 Å². The monoisotopic (exact) mass is 364 g/mol. The molecule has 2 aromatic carbocycles. The largest absolute Gasteiger partial charge is 0.493 e. The van der Waals surface area contributed by atoms with Gasteiger partial charge in [-0.1, -0.05) is 24.3 Å². The van der Waals surface area contributed by atoms with Crippen LogP contribution in [0.2, 0.25) is 0 Å². The first-order chi connectivity index (χ1) is 13.1. The van der Waals surface area contributed by atoms with Crippen LogP contribution >= 0.6 is 0 Å². The summed E-state index contributed by atoms with van der Waals surface area (Å²) in [6.07, 6.45) is 1.72. The van der Waals surface area contributed by atoms with E-state index >= 15 is 0 Å². The van der Waals surface area contributed by atoms with E-state index in [1.165, 1.54) is 21.3 Å². The number of ether oxygens (including phenoxy) is 3. The minimum atomic E-state index is 0.0949. The van der Waals surface area contributed by atoms with Gasteiger partial charge >= 0.3 is 0 Å². The van der Waals surface area contributed by atoms with Crippen LogP contribution in [0.25, 0.3) is 10.8 Å². The highest BCUT2D eigenvalue weighted by atomic mass is 16.5. The van der Waals surface area contributed by atoms with Crippen molar-refractivity contribution in [1.82, 2.24) is 4.98 Å². The molecule has 0 aliphatic carbocycles. The van der Waals surface area contributed by atoms with Gasteiger partial charge in [-0.2, -0.15) is 5.10 Å². The number of hydrogen-bond acceptors (Lipinski definition) is 7. The molecule has 0 amide bonds. The lowest BCUT2D eigenvalue weighted by Crippen LogP contribution is -2.19. The molecular weight excluding hydrogens is 344 g/mol. The molecule has 7 heteroatoms. The molecule has 1 aromatic heterocycles. The van der Waals surface area contributed by atoms with Crippen LogP contribution in [0, 0.1) is 5.41 Å². The smallest absolute Gasteiger partial charge is 0.203 e. The molecule has 1 heterocycles. The summed E-state index contributed by atoms with van der Waals surface area (Å²) >= 11 is 0. The highest BCUT2D eigenvalue weighted by molar-refractivity contribution is 6.52. The number of hydrazone groups is 1. The number of hydrogen-bond donors (Lipinski definition) is 2. The number of benzene rings is 2. The summed E-state index contributed by atoms with van der Waals surface area (Å²) in [5.74, 6) is 6.97. The standard InChI is InChI=1S/C20H20N4O3/c1-25-16-9-14(10-17(26-2)20(16)27-3)19(24-22)18(21)15-8-12-6-4-5-7-13(12)11-23-15/h4-11,21H,22H2,1-3H3/b21-18?,24-19-. The Morgan fingerprint density at radius 3 is 2.15 bits per heavy atom. The van der Waals surface area contributed by atoms with Crippen LogP contribution in [-0.2, 0) is 0 Å². The fourth-order valence-electron chi connectivity index (χ4n) is 2.84. The van der Waals surface area contributed by atoms with Gasteiger partial charge in [0.2, 0.25) is 5.75 Å². The number of aromatic nitrogens is 1. The number of nitrogens with zero attached hydrogens (tertiary/aromatic N) is 2. The van der Waals surface area contributed by atoms with Crippen LogP contribution in [0.15, 0.2) is 53.8 Å². The summed E-state index contributed by atoms with van der Waals surface area (Å²) < 4.78 is 16.1. The average molecular weight is 364 g/mol. The quantitative estimate of drug-likeness (QED) is 0.398. The Morgan fingerprint density at radius 1 is 0.963 bits per heavy atom. The minimum Gasteiger partial charge on any atom is -0.493 e. The fraction of sp³-hybridized carbons (Fsp3) is 0.150. The lowest BCUT2D eigenvalue weighted by Gasteiger charge is -2.15. The lowest BCUT2D eigenvalue weighted by atomic mass is 10.0. The molecule has 138 valence electrons. The first-order valence-electron chi connectivity index (χ1n) is 8.15. The molecule has 3 rings (SSSR count). The Bertz CT molecular complexity index is 1010. The van der Waals surface area contributed by atoms with Gasteiger partial charge in [0.15, 0.2) is 11.5 Å². The molecule has 3 aromatic rings. The first kappa shape index (κ1) is 18.2. The predicted octanol–water partition coefficient (Wildman–Crippen LogP) is 2.99. The van der Waals surface area contributed by atoms with Gasteiger partial charge in [0, 0.05) is 17.1 Å². The fourth-order valence-corrected chi connectivity index (χ4v) is 2.84. The maximum absolute atomic E-state index is 8.57. The van der Waals surface area contributed by atoms with Crippen molar-refractivity contribution in [3.63, 3.8) is 0 Å². The van der Waals surface area contributed by atoms with Gasteiger partial charge in [0.05, 0.1) is 27.0 Å². The Morgan fingerprint density at radius 2 is 1.59 bits per heavy atom. The summed E-state index contributed by atoms with van der Waals surface area (Å²) in [6.45, 7) is 0. The lowest BCUT2D eigenvalue weighted by molar-refractivity contribution is 0.324. The second-order valence-electron chi connectivity index (χ2n) is 5.68. The molecule has 27 heavy (non-hydrogen) atoms. The molecule has 0 aliphatic rings. The molecule has 3 N–H and O–H groups in total. The molecule has 0 atom stereocenters. The van der Waals surface area contributed by atoms with E-state index in [9.17, 15) is 0 Å². The highest BCUT2D eigenvalue weighted by Crippen LogP contribution is 2.38. The molecule has 0 saturated heterocycles. The molecule has 0 spiro atoms. The van der Waals surface area contributed by atoms with Gasteiger partial charge in [0.1, 0.15) is 11.4 Å². The molecule has 0 fully saturated rings. The van der Waals surface area contributed by atoms with Gasteiger partial charge in [-0.05, 0) is 23.6 Å². The number of methoxy groups -OCH3 is 3. The zero-order valence-electron chi connectivity index (χ0n) is 15.3. The van der Waals surface area contributed by atoms with Crippen LogP contribution in [0.4, 0.5) is 0 Å². The van der Waals surface area contributed by atoms with Crippen LogP contribution < -0.4 is 20.1 Å². The molecule has 0 aliphatic heterocycles. The second kappa shape index (κ2) is 7.74. The van der Waals surface area contributed by atoms with E-state index < -0.39 is 0 Å². The van der Waals surface area contributed by atoms with Crippen molar-refractivity contribution in [3.05, 3.63) is 59.9 Å². The molecule has 0 radical (unpaired) electrons. The number of rotatable bonds is 6. The SMILES string of the molecule is COc1cc(/C(=N/N)C(=N)c2cc3ccccc3cn2)cc(OC)c1OC. The van der Waals surface area contributed by atoms with Crippen molar-refractivity contribution >= 4 is 22.2 Å². The third-order valence-corrected chi connectivity index (χ3v) is 4.19. The van der Waals surface area contributed by atoms with E-state index in [0.717, 1.165) is 10.8 Å². The van der Waals surface area contributed by atoms with Crippen LogP contribution in [0.5, 0.6) is 17.2 Å². The van der Waals surface area contributed by atoms with E-state index in [1.54, 1.807) is 18.3 Å². The number of nitrogens with two attached hydrogens (primary N) is 1. The normalized spacial score (nSPS) is 11.3. The molecular formula is C20H20N4O3. The van der Waals surface area contributed by atoms with Crippen LogP contribution in [-0.4, -0.2) is 37.7 Å². The topological polar surface area (TPSA) is 103 Å². The van der Waals surface area contributed by atoms with E-state index in [1.807, 2.05) is 30.3 Å². The van der Waals surface area contributed by atoms with Crippen LogP contribution in [0.1, 0.15) is 11.3 Å². The minimum absolute atomic E-state index is 0.0949. The third kappa shape index (κ3) is 3.39. The van der Waals surface area contributed by atoms with Crippen molar-refractivity contribution in [2.75, 3.05) is 21.3 Å². The van der Waals surface area contributed by atoms with Crippen molar-refractivity contribution < 1.29 is 14.2 Å². The van der Waals surface area contributed by atoms with Crippen molar-refractivity contribution in [1.29, 1.82) is 5.41 Å². The Labute approximate surface area is 156 Å². The number of nitrogens with one attached hydrogen (secondary N) is 1. The van der Waals surface area contributed by atoms with Gasteiger partial charge < -0.3 is 20.1 Å². The number of fused-ring (bicyclic) bond motifs is 1. The van der Waals surface area contributed by atoms with E-state index in [4.69, 9.17) is 25.5 Å². The van der Waals surface area contributed by atoms with Gasteiger partial charge in [-0.25, -0.2) is 0 Å². The molecule has 0 unspecified atom stereocenters.